The van der Waals surface area contributed by atoms with Crippen LogP contribution in [0.1, 0.15) is 23.1 Å². The summed E-state index contributed by atoms with van der Waals surface area (Å²) in [5, 5.41) is 7.16. The third-order valence-corrected chi connectivity index (χ3v) is 7.13. The zero-order chi connectivity index (χ0) is 23.4. The SMILES string of the molecule is CCOc1ccc(NC(=O)c2cc(C)n(-c3ccccc3)n2)cc1S(=O)(=O)N1CCOCC1. The predicted octanol–water partition coefficient (Wildman–Crippen LogP) is 2.85. The molecule has 174 valence electrons. The number of nitrogens with zero attached hydrogens (tertiary/aromatic N) is 3. The van der Waals surface area contributed by atoms with E-state index in [-0.39, 0.29) is 29.4 Å². The third-order valence-electron chi connectivity index (χ3n) is 5.21. The predicted molar refractivity (Wildman–Crippen MR) is 123 cm³/mol. The lowest BCUT2D eigenvalue weighted by atomic mass is 10.2. The van der Waals surface area contributed by atoms with Crippen LogP contribution < -0.4 is 10.1 Å². The first-order valence-corrected chi connectivity index (χ1v) is 12.1. The largest absolute Gasteiger partial charge is 0.492 e. The number of hydrogen-bond donors (Lipinski definition) is 1. The van der Waals surface area contributed by atoms with Gasteiger partial charge in [-0.15, -0.1) is 0 Å². The van der Waals surface area contributed by atoms with Gasteiger partial charge in [0.25, 0.3) is 5.91 Å². The molecule has 3 aromatic rings. The van der Waals surface area contributed by atoms with Crippen LogP contribution in [-0.2, 0) is 14.8 Å². The molecule has 1 saturated heterocycles. The van der Waals surface area contributed by atoms with Gasteiger partial charge in [0, 0.05) is 24.5 Å². The molecule has 0 radical (unpaired) electrons. The molecule has 1 fully saturated rings. The molecular formula is C23H26N4O5S. The van der Waals surface area contributed by atoms with Crippen molar-refractivity contribution in [2.75, 3.05) is 38.2 Å². The normalized spacial score (nSPS) is 14.7. The summed E-state index contributed by atoms with van der Waals surface area (Å²) in [6.45, 7) is 5.16. The molecule has 33 heavy (non-hydrogen) atoms. The fourth-order valence-corrected chi connectivity index (χ4v) is 5.16. The van der Waals surface area contributed by atoms with Crippen LogP contribution >= 0.6 is 0 Å². The summed E-state index contributed by atoms with van der Waals surface area (Å²) in [6, 6.07) is 15.8. The quantitative estimate of drug-likeness (QED) is 0.570. The number of amides is 1. The first-order chi connectivity index (χ1) is 15.9. The minimum absolute atomic E-state index is 0.00930. The average molecular weight is 471 g/mol. The first-order valence-electron chi connectivity index (χ1n) is 10.7. The van der Waals surface area contributed by atoms with Gasteiger partial charge in [0.15, 0.2) is 5.69 Å². The van der Waals surface area contributed by atoms with Crippen molar-refractivity contribution in [3.63, 3.8) is 0 Å². The van der Waals surface area contributed by atoms with Gasteiger partial charge in [-0.3, -0.25) is 4.79 Å². The van der Waals surface area contributed by atoms with Gasteiger partial charge in [-0.2, -0.15) is 9.40 Å². The van der Waals surface area contributed by atoms with E-state index < -0.39 is 15.9 Å². The molecule has 9 nitrogen and oxygen atoms in total. The maximum Gasteiger partial charge on any atom is 0.276 e. The molecule has 0 unspecified atom stereocenters. The molecule has 0 saturated carbocycles. The highest BCUT2D eigenvalue weighted by molar-refractivity contribution is 7.89. The van der Waals surface area contributed by atoms with Crippen LogP contribution in [0.2, 0.25) is 0 Å². The molecule has 1 amide bonds. The number of hydrogen-bond acceptors (Lipinski definition) is 6. The summed E-state index contributed by atoms with van der Waals surface area (Å²) in [6.07, 6.45) is 0. The fourth-order valence-electron chi connectivity index (χ4n) is 3.60. The second-order valence-corrected chi connectivity index (χ2v) is 9.39. The Hall–Kier alpha value is -3.21. The minimum Gasteiger partial charge on any atom is -0.492 e. The topological polar surface area (TPSA) is 103 Å². The average Bonchev–Trinajstić information content (AvgIpc) is 3.23. The van der Waals surface area contributed by atoms with Crippen LogP contribution in [0.4, 0.5) is 5.69 Å². The summed E-state index contributed by atoms with van der Waals surface area (Å²) in [7, 11) is -3.82. The zero-order valence-electron chi connectivity index (χ0n) is 18.5. The third kappa shape index (κ3) is 4.92. The van der Waals surface area contributed by atoms with Crippen molar-refractivity contribution in [3.05, 3.63) is 66.0 Å². The summed E-state index contributed by atoms with van der Waals surface area (Å²) in [4.78, 5) is 12.9. The zero-order valence-corrected chi connectivity index (χ0v) is 19.3. The Morgan fingerprint density at radius 3 is 2.55 bits per heavy atom. The van der Waals surface area contributed by atoms with Crippen molar-refractivity contribution in [2.45, 2.75) is 18.7 Å². The van der Waals surface area contributed by atoms with Crippen LogP contribution in [0.5, 0.6) is 5.75 Å². The number of ether oxygens (including phenoxy) is 2. The molecule has 2 aromatic carbocycles. The van der Waals surface area contributed by atoms with E-state index in [1.165, 1.54) is 10.4 Å². The van der Waals surface area contributed by atoms with Gasteiger partial charge in [0.1, 0.15) is 10.6 Å². The molecule has 0 spiro atoms. The number of aromatic nitrogens is 2. The van der Waals surface area contributed by atoms with Gasteiger partial charge in [-0.1, -0.05) is 18.2 Å². The highest BCUT2D eigenvalue weighted by Crippen LogP contribution is 2.30. The first kappa shape index (κ1) is 23.0. The van der Waals surface area contributed by atoms with Crippen LogP contribution in [0, 0.1) is 6.92 Å². The monoisotopic (exact) mass is 470 g/mol. The molecular weight excluding hydrogens is 444 g/mol. The molecule has 10 heteroatoms. The summed E-state index contributed by atoms with van der Waals surface area (Å²) < 4.78 is 40.4. The highest BCUT2D eigenvalue weighted by atomic mass is 32.2. The minimum atomic E-state index is -3.82. The van der Waals surface area contributed by atoms with E-state index >= 15 is 0 Å². The molecule has 1 N–H and O–H groups in total. The van der Waals surface area contributed by atoms with Crippen molar-refractivity contribution >= 4 is 21.6 Å². The van der Waals surface area contributed by atoms with Gasteiger partial charge < -0.3 is 14.8 Å². The van der Waals surface area contributed by atoms with Gasteiger partial charge >= 0.3 is 0 Å². The molecule has 0 bridgehead atoms. The number of para-hydroxylation sites is 1. The molecule has 1 aliphatic heterocycles. The summed E-state index contributed by atoms with van der Waals surface area (Å²) in [5.41, 5.74) is 2.20. The number of anilines is 1. The lowest BCUT2D eigenvalue weighted by molar-refractivity contribution is 0.0729. The smallest absolute Gasteiger partial charge is 0.276 e. The van der Waals surface area contributed by atoms with E-state index in [4.69, 9.17) is 9.47 Å². The fraction of sp³-hybridized carbons (Fsp3) is 0.304. The number of morpholine rings is 1. The molecule has 1 aromatic heterocycles. The Morgan fingerprint density at radius 2 is 1.85 bits per heavy atom. The number of carbonyl (C=O) groups excluding carboxylic acids is 1. The number of aryl methyl sites for hydroxylation is 1. The van der Waals surface area contributed by atoms with E-state index in [1.54, 1.807) is 29.8 Å². The lowest BCUT2D eigenvalue weighted by Gasteiger charge is -2.27. The second-order valence-electron chi connectivity index (χ2n) is 7.48. The molecule has 4 rings (SSSR count). The number of rotatable bonds is 7. The Labute approximate surface area is 193 Å². The number of benzene rings is 2. The maximum absolute atomic E-state index is 13.3. The van der Waals surface area contributed by atoms with Crippen molar-refractivity contribution in [2.24, 2.45) is 0 Å². The van der Waals surface area contributed by atoms with E-state index in [1.807, 2.05) is 37.3 Å². The lowest BCUT2D eigenvalue weighted by Crippen LogP contribution is -2.40. The van der Waals surface area contributed by atoms with Gasteiger partial charge in [-0.25, -0.2) is 13.1 Å². The van der Waals surface area contributed by atoms with Crippen molar-refractivity contribution in [1.29, 1.82) is 0 Å². The molecule has 0 aliphatic carbocycles. The summed E-state index contributed by atoms with van der Waals surface area (Å²) >= 11 is 0. The Morgan fingerprint density at radius 1 is 1.12 bits per heavy atom. The Bertz CT molecular complexity index is 1230. The van der Waals surface area contributed by atoms with Crippen LogP contribution in [0.3, 0.4) is 0 Å². The molecule has 2 heterocycles. The van der Waals surface area contributed by atoms with Gasteiger partial charge in [-0.05, 0) is 50.2 Å². The Kier molecular flexibility index (Phi) is 6.77. The van der Waals surface area contributed by atoms with Gasteiger partial charge in [0.05, 0.1) is 25.5 Å². The number of sulfonamides is 1. The Balaban J connectivity index is 1.61. The maximum atomic E-state index is 13.3. The van der Waals surface area contributed by atoms with Gasteiger partial charge in [0.2, 0.25) is 10.0 Å². The van der Waals surface area contributed by atoms with Crippen molar-refractivity contribution in [3.8, 4) is 11.4 Å². The standard InChI is InChI=1S/C23H26N4O5S/c1-3-32-21-10-9-18(16-22(21)33(29,30)26-11-13-31-14-12-26)24-23(28)20-15-17(2)27(25-20)19-7-5-4-6-8-19/h4-10,15-16H,3,11-14H2,1-2H3,(H,24,28). The van der Waals surface area contributed by atoms with E-state index in [0.29, 0.717) is 25.5 Å². The highest BCUT2D eigenvalue weighted by Gasteiger charge is 2.30. The van der Waals surface area contributed by atoms with E-state index in [0.717, 1.165) is 11.4 Å². The number of nitrogens with one attached hydrogen (secondary N) is 1. The van der Waals surface area contributed by atoms with Crippen molar-refractivity contribution < 1.29 is 22.7 Å². The molecule has 1 aliphatic rings. The van der Waals surface area contributed by atoms with Crippen LogP contribution in [-0.4, -0.2) is 61.3 Å². The molecule has 0 atom stereocenters. The van der Waals surface area contributed by atoms with Crippen LogP contribution in [0.15, 0.2) is 59.5 Å². The van der Waals surface area contributed by atoms with E-state index in [9.17, 15) is 13.2 Å². The number of carbonyl (C=O) groups is 1. The van der Waals surface area contributed by atoms with Crippen LogP contribution in [0.25, 0.3) is 5.69 Å². The van der Waals surface area contributed by atoms with Crippen molar-refractivity contribution in [1.82, 2.24) is 14.1 Å². The second kappa shape index (κ2) is 9.74. The van der Waals surface area contributed by atoms with E-state index in [2.05, 4.69) is 10.4 Å². The summed E-state index contributed by atoms with van der Waals surface area (Å²) in [5.74, 6) is -0.196.